The van der Waals surface area contributed by atoms with Crippen LogP contribution in [-0.2, 0) is 4.79 Å². The van der Waals surface area contributed by atoms with Crippen LogP contribution in [0.3, 0.4) is 0 Å². The molecule has 0 aromatic rings. The largest absolute Gasteiger partial charge is 0.472 e. The van der Waals surface area contributed by atoms with Gasteiger partial charge >= 0.3 is 5.97 Å². The quantitative estimate of drug-likeness (QED) is 0.280. The van der Waals surface area contributed by atoms with Crippen LogP contribution in [0.4, 0.5) is 0 Å². The Morgan fingerprint density at radius 2 is 1.25 bits per heavy atom. The molecule has 0 unspecified atom stereocenters. The van der Waals surface area contributed by atoms with Gasteiger partial charge in [0.25, 0.3) is 0 Å². The number of hydrogen-bond donors (Lipinski definition) is 2. The minimum atomic E-state index is -1.03. The van der Waals surface area contributed by atoms with E-state index in [2.05, 4.69) is 18.8 Å². The number of rotatable bonds is 16. The van der Waals surface area contributed by atoms with E-state index in [4.69, 9.17) is 5.11 Å². The first kappa shape index (κ1) is 23.0. The number of unbranched alkanes of at least 4 members (excludes halogenated alkanes) is 12. The van der Waals surface area contributed by atoms with Crippen molar-refractivity contribution in [3.63, 3.8) is 0 Å². The van der Waals surface area contributed by atoms with Crippen LogP contribution in [-0.4, -0.2) is 22.3 Å². The van der Waals surface area contributed by atoms with E-state index in [-0.39, 0.29) is 6.10 Å². The summed E-state index contributed by atoms with van der Waals surface area (Å²) in [6, 6.07) is 0. The number of carboxylic acid groups (broad SMARTS) is 1. The van der Waals surface area contributed by atoms with Gasteiger partial charge in [-0.2, -0.15) is 0 Å². The highest BCUT2D eigenvalue weighted by molar-refractivity contribution is 5.86. The molecule has 0 saturated carbocycles. The fraction of sp³-hybridized carbons (Fsp3) is 0.857. The highest BCUT2D eigenvalue weighted by Crippen LogP contribution is 2.14. The molecular weight excluding hydrogens is 300 g/mol. The predicted molar refractivity (Wildman–Crippen MR) is 101 cm³/mol. The van der Waals surface area contributed by atoms with Crippen LogP contribution >= 0.6 is 0 Å². The second-order valence-corrected chi connectivity index (χ2v) is 6.83. The average molecular weight is 339 g/mol. The summed E-state index contributed by atoms with van der Waals surface area (Å²) >= 11 is 0. The number of carbonyl (C=O) groups is 1. The molecule has 2 N–H and O–H groups in total. The standard InChI is InChI=1S/C21H38O3/c1-2-3-17-20(22)18-15-13-11-9-7-5-4-6-8-10-12-14-16-19-21(23)24/h20,22H,2-15,17-18H2,1H3,(H,23,24)/t20-/m1/s1. The van der Waals surface area contributed by atoms with Gasteiger partial charge in [-0.05, 0) is 19.3 Å². The zero-order valence-corrected chi connectivity index (χ0v) is 15.7. The molecule has 0 heterocycles. The fourth-order valence-corrected chi connectivity index (χ4v) is 2.91. The van der Waals surface area contributed by atoms with Gasteiger partial charge in [0, 0.05) is 12.3 Å². The van der Waals surface area contributed by atoms with Crippen LogP contribution in [0, 0.1) is 11.8 Å². The van der Waals surface area contributed by atoms with Crippen LogP contribution in [0.15, 0.2) is 0 Å². The molecule has 24 heavy (non-hydrogen) atoms. The topological polar surface area (TPSA) is 57.5 Å². The number of aliphatic hydroxyl groups excluding tert-OH is 1. The first-order valence-corrected chi connectivity index (χ1v) is 10.1. The molecule has 0 fully saturated rings. The highest BCUT2D eigenvalue weighted by Gasteiger charge is 2.02. The molecule has 0 saturated heterocycles. The van der Waals surface area contributed by atoms with Gasteiger partial charge in [-0.15, -0.1) is 0 Å². The fourth-order valence-electron chi connectivity index (χ4n) is 2.91. The summed E-state index contributed by atoms with van der Waals surface area (Å²) in [7, 11) is 0. The zero-order chi connectivity index (χ0) is 17.9. The van der Waals surface area contributed by atoms with Crippen molar-refractivity contribution in [2.24, 2.45) is 0 Å². The van der Waals surface area contributed by atoms with Crippen molar-refractivity contribution < 1.29 is 15.0 Å². The van der Waals surface area contributed by atoms with Crippen molar-refractivity contribution >= 4 is 5.97 Å². The third kappa shape index (κ3) is 19.0. The zero-order valence-electron chi connectivity index (χ0n) is 15.7. The summed E-state index contributed by atoms with van der Waals surface area (Å²) < 4.78 is 0. The second-order valence-electron chi connectivity index (χ2n) is 6.83. The number of carboxylic acids is 1. The molecule has 0 aromatic carbocycles. The Hall–Kier alpha value is -1.01. The van der Waals surface area contributed by atoms with Crippen molar-refractivity contribution in [1.29, 1.82) is 0 Å². The molecule has 140 valence electrons. The molecule has 3 nitrogen and oxygen atoms in total. The lowest BCUT2D eigenvalue weighted by Gasteiger charge is -2.09. The molecule has 0 aliphatic heterocycles. The molecule has 0 aromatic heterocycles. The van der Waals surface area contributed by atoms with Crippen molar-refractivity contribution in [3.05, 3.63) is 0 Å². The number of hydrogen-bond acceptors (Lipinski definition) is 2. The van der Waals surface area contributed by atoms with Crippen molar-refractivity contribution in [1.82, 2.24) is 0 Å². The highest BCUT2D eigenvalue weighted by atomic mass is 16.4. The minimum absolute atomic E-state index is 0.0694. The van der Waals surface area contributed by atoms with E-state index in [1.165, 1.54) is 64.2 Å². The molecule has 0 spiro atoms. The third-order valence-electron chi connectivity index (χ3n) is 4.43. The molecule has 0 aliphatic carbocycles. The summed E-state index contributed by atoms with van der Waals surface area (Å²) in [6.45, 7) is 2.17. The van der Waals surface area contributed by atoms with Gasteiger partial charge in [0.05, 0.1) is 6.10 Å². The van der Waals surface area contributed by atoms with Crippen LogP contribution in [0.25, 0.3) is 0 Å². The molecule has 1 atom stereocenters. The number of aliphatic hydroxyl groups is 1. The van der Waals surface area contributed by atoms with Gasteiger partial charge in [0.2, 0.25) is 0 Å². The van der Waals surface area contributed by atoms with Crippen LogP contribution in [0.5, 0.6) is 0 Å². The average Bonchev–Trinajstić information content (AvgIpc) is 2.56. The van der Waals surface area contributed by atoms with Gasteiger partial charge in [0.1, 0.15) is 0 Å². The SMILES string of the molecule is CCCC[C@@H](O)CCCCCCCCCCCCCC#CC(=O)O. The van der Waals surface area contributed by atoms with Crippen molar-refractivity contribution in [2.75, 3.05) is 0 Å². The predicted octanol–water partition coefficient (Wildman–Crippen LogP) is 5.70. The van der Waals surface area contributed by atoms with E-state index in [1.807, 2.05) is 0 Å². The molecule has 0 radical (unpaired) electrons. The summed E-state index contributed by atoms with van der Waals surface area (Å²) in [5.41, 5.74) is 0. The van der Waals surface area contributed by atoms with Crippen LogP contribution in [0.1, 0.15) is 110 Å². The Morgan fingerprint density at radius 3 is 1.75 bits per heavy atom. The van der Waals surface area contributed by atoms with Crippen LogP contribution in [0.2, 0.25) is 0 Å². The van der Waals surface area contributed by atoms with E-state index in [9.17, 15) is 9.90 Å². The number of aliphatic carboxylic acids is 1. The second kappa shape index (κ2) is 18.3. The monoisotopic (exact) mass is 338 g/mol. The van der Waals surface area contributed by atoms with Crippen molar-refractivity contribution in [3.8, 4) is 11.8 Å². The van der Waals surface area contributed by atoms with Gasteiger partial charge in [-0.3, -0.25) is 0 Å². The third-order valence-corrected chi connectivity index (χ3v) is 4.43. The molecule has 0 bridgehead atoms. The maximum atomic E-state index is 10.2. The molecule has 3 heteroatoms. The lowest BCUT2D eigenvalue weighted by molar-refractivity contribution is -0.130. The van der Waals surface area contributed by atoms with Gasteiger partial charge in [0.15, 0.2) is 0 Å². The van der Waals surface area contributed by atoms with Gasteiger partial charge in [-0.1, -0.05) is 89.9 Å². The first-order chi connectivity index (χ1) is 11.7. The van der Waals surface area contributed by atoms with E-state index < -0.39 is 5.97 Å². The molecule has 0 amide bonds. The molecule has 0 aliphatic rings. The Labute approximate surface area is 149 Å². The Morgan fingerprint density at radius 1 is 0.792 bits per heavy atom. The Kier molecular flexibility index (Phi) is 17.6. The van der Waals surface area contributed by atoms with E-state index >= 15 is 0 Å². The van der Waals surface area contributed by atoms with Gasteiger partial charge < -0.3 is 10.2 Å². The summed E-state index contributed by atoms with van der Waals surface area (Å²) in [5, 5.41) is 18.1. The lowest BCUT2D eigenvalue weighted by Crippen LogP contribution is -2.05. The Bertz CT molecular complexity index is 341. The minimum Gasteiger partial charge on any atom is -0.472 e. The lowest BCUT2D eigenvalue weighted by atomic mass is 10.0. The maximum Gasteiger partial charge on any atom is 0.381 e. The van der Waals surface area contributed by atoms with Gasteiger partial charge in [-0.25, -0.2) is 4.79 Å². The molecule has 0 rings (SSSR count). The summed E-state index contributed by atoms with van der Waals surface area (Å²) in [5.74, 6) is 3.80. The van der Waals surface area contributed by atoms with Crippen molar-refractivity contribution in [2.45, 2.75) is 116 Å². The van der Waals surface area contributed by atoms with Crippen LogP contribution < -0.4 is 0 Å². The Balaban J connectivity index is 3.13. The van der Waals surface area contributed by atoms with E-state index in [0.717, 1.165) is 32.1 Å². The summed E-state index contributed by atoms with van der Waals surface area (Å²) in [4.78, 5) is 10.2. The van der Waals surface area contributed by atoms with E-state index in [1.54, 1.807) is 0 Å². The summed E-state index contributed by atoms with van der Waals surface area (Å²) in [6.07, 6.45) is 18.7. The smallest absolute Gasteiger partial charge is 0.381 e. The maximum absolute atomic E-state index is 10.2. The van der Waals surface area contributed by atoms with E-state index in [0.29, 0.717) is 6.42 Å². The normalized spacial score (nSPS) is 11.8. The molecular formula is C21H38O3. The first-order valence-electron chi connectivity index (χ1n) is 10.1.